The van der Waals surface area contributed by atoms with Crippen molar-refractivity contribution in [2.24, 2.45) is 0 Å². The van der Waals surface area contributed by atoms with Crippen LogP contribution in [0.15, 0.2) is 54.6 Å². The highest BCUT2D eigenvalue weighted by Gasteiger charge is 2.46. The molecule has 6 rings (SSSR count). The Labute approximate surface area is 237 Å². The molecule has 12 heteroatoms. The first kappa shape index (κ1) is 27.0. The van der Waals surface area contributed by atoms with Crippen LogP contribution in [0.1, 0.15) is 45.9 Å². The van der Waals surface area contributed by atoms with E-state index in [0.717, 1.165) is 12.1 Å². The van der Waals surface area contributed by atoms with Gasteiger partial charge in [-0.3, -0.25) is 0 Å². The first-order valence-corrected chi connectivity index (χ1v) is 12.8. The van der Waals surface area contributed by atoms with Crippen LogP contribution in [0.5, 0.6) is 57.5 Å². The van der Waals surface area contributed by atoms with Crippen LogP contribution in [0.2, 0.25) is 0 Å². The molecule has 2 heterocycles. The van der Waals surface area contributed by atoms with E-state index in [1.165, 1.54) is 42.5 Å². The fourth-order valence-electron chi connectivity index (χ4n) is 5.71. The lowest BCUT2D eigenvalue weighted by Gasteiger charge is -2.40. The smallest absolute Gasteiger partial charge is 0.157 e. The number of fused-ring (bicyclic) bond motifs is 2. The molecule has 0 bridgehead atoms. The summed E-state index contributed by atoms with van der Waals surface area (Å²) in [6, 6.07) is 10.8. The molecule has 12 nitrogen and oxygen atoms in total. The lowest BCUT2D eigenvalue weighted by atomic mass is 9.77. The largest absolute Gasteiger partial charge is 0.508 e. The van der Waals surface area contributed by atoms with Gasteiger partial charge in [-0.15, -0.1) is 0 Å². The number of hydrogen-bond acceptors (Lipinski definition) is 12. The number of benzene rings is 4. The average molecular weight is 579 g/mol. The minimum Gasteiger partial charge on any atom is -0.508 e. The number of aliphatic hydroxyl groups excluding tert-OH is 2. The minimum absolute atomic E-state index is 0.0312. The fraction of sp³-hybridized carbons (Fsp3) is 0.200. The molecule has 0 fully saturated rings. The maximum absolute atomic E-state index is 11.8. The Morgan fingerprint density at radius 3 is 1.76 bits per heavy atom. The van der Waals surface area contributed by atoms with E-state index in [4.69, 9.17) is 9.47 Å². The van der Waals surface area contributed by atoms with Gasteiger partial charge in [0.1, 0.15) is 46.7 Å². The Kier molecular flexibility index (Phi) is 6.24. The zero-order chi connectivity index (χ0) is 30.0. The van der Waals surface area contributed by atoms with Crippen LogP contribution < -0.4 is 9.47 Å². The molecule has 0 aromatic heterocycles. The molecular formula is C30H26O12. The number of phenolic OH excluding ortho intramolecular Hbond substituents is 8. The van der Waals surface area contributed by atoms with Crippen molar-refractivity contribution in [3.63, 3.8) is 0 Å². The SMILES string of the molecule is Oc1cc(O)c2c(c1)O[C@@H](c1ccc(O)c(O)c1)[C@H](O)[C@@H]2c1c(O)cc(O)c2c1O[C@H](c1ccc(O)c(O)c1)[C@H](O)C2. The van der Waals surface area contributed by atoms with E-state index in [0.29, 0.717) is 0 Å². The molecule has 0 amide bonds. The first-order valence-electron chi connectivity index (χ1n) is 12.8. The highest BCUT2D eigenvalue weighted by Crippen LogP contribution is 2.57. The van der Waals surface area contributed by atoms with E-state index in [2.05, 4.69) is 0 Å². The Morgan fingerprint density at radius 2 is 1.14 bits per heavy atom. The summed E-state index contributed by atoms with van der Waals surface area (Å²) in [5.74, 6) is -5.08. The molecule has 0 radical (unpaired) electrons. The van der Waals surface area contributed by atoms with Gasteiger partial charge in [-0.25, -0.2) is 0 Å². The summed E-state index contributed by atoms with van der Waals surface area (Å²) >= 11 is 0. The number of aromatic hydroxyl groups is 8. The van der Waals surface area contributed by atoms with Crippen LogP contribution in [-0.4, -0.2) is 63.3 Å². The second-order valence-corrected chi connectivity index (χ2v) is 10.3. The lowest BCUT2D eigenvalue weighted by molar-refractivity contribution is 0.00115. The molecule has 218 valence electrons. The standard InChI is InChI=1S/C30H26O12/c31-13-7-20(37)24-23(8-13)41-29(12-2-4-16(33)19(36)6-12)27(40)26(24)25-21(38)10-17(34)14-9-22(39)28(42-30(14)25)11-1-3-15(32)18(35)5-11/h1-8,10,22,26-29,31-40H,9H2/t22-,26+,27-,28-,29+/m1/s1. The Balaban J connectivity index is 1.55. The van der Waals surface area contributed by atoms with Gasteiger partial charge in [-0.1, -0.05) is 12.1 Å². The van der Waals surface area contributed by atoms with Gasteiger partial charge in [0.05, 0.1) is 12.0 Å². The predicted molar refractivity (Wildman–Crippen MR) is 143 cm³/mol. The van der Waals surface area contributed by atoms with Gasteiger partial charge in [0.2, 0.25) is 0 Å². The highest BCUT2D eigenvalue weighted by atomic mass is 16.5. The molecule has 4 aromatic rings. The zero-order valence-corrected chi connectivity index (χ0v) is 21.6. The minimum atomic E-state index is -1.59. The van der Waals surface area contributed by atoms with Crippen molar-refractivity contribution in [2.75, 3.05) is 0 Å². The Bertz CT molecular complexity index is 1720. The van der Waals surface area contributed by atoms with Crippen LogP contribution in [-0.2, 0) is 6.42 Å². The van der Waals surface area contributed by atoms with Gasteiger partial charge in [0.25, 0.3) is 0 Å². The molecule has 4 aromatic carbocycles. The van der Waals surface area contributed by atoms with Gasteiger partial charge >= 0.3 is 0 Å². The Hall–Kier alpha value is -5.20. The number of aliphatic hydroxyl groups is 2. The second kappa shape index (κ2) is 9.72. The molecule has 42 heavy (non-hydrogen) atoms. The fourth-order valence-corrected chi connectivity index (χ4v) is 5.71. The van der Waals surface area contributed by atoms with Crippen LogP contribution in [0.4, 0.5) is 0 Å². The molecule has 0 aliphatic carbocycles. The maximum atomic E-state index is 11.8. The van der Waals surface area contributed by atoms with E-state index in [-0.39, 0.29) is 51.5 Å². The van der Waals surface area contributed by atoms with Crippen molar-refractivity contribution in [3.05, 3.63) is 82.4 Å². The first-order chi connectivity index (χ1) is 19.9. The van der Waals surface area contributed by atoms with Gasteiger partial charge in [0, 0.05) is 41.3 Å². The van der Waals surface area contributed by atoms with E-state index in [1.807, 2.05) is 0 Å². The molecule has 2 aliphatic rings. The lowest BCUT2D eigenvalue weighted by Crippen LogP contribution is -2.36. The summed E-state index contributed by atoms with van der Waals surface area (Å²) in [7, 11) is 0. The van der Waals surface area contributed by atoms with E-state index >= 15 is 0 Å². The van der Waals surface area contributed by atoms with Crippen molar-refractivity contribution in [2.45, 2.75) is 36.8 Å². The number of ether oxygens (including phenoxy) is 2. The van der Waals surface area contributed by atoms with Crippen molar-refractivity contribution in [1.29, 1.82) is 0 Å². The van der Waals surface area contributed by atoms with E-state index < -0.39 is 70.6 Å². The molecular weight excluding hydrogens is 552 g/mol. The normalized spacial score (nSPS) is 22.9. The maximum Gasteiger partial charge on any atom is 0.157 e. The van der Waals surface area contributed by atoms with Crippen LogP contribution in [0.3, 0.4) is 0 Å². The summed E-state index contributed by atoms with van der Waals surface area (Å²) < 4.78 is 12.1. The molecule has 2 aliphatic heterocycles. The van der Waals surface area contributed by atoms with Gasteiger partial charge < -0.3 is 60.5 Å². The third-order valence-electron chi connectivity index (χ3n) is 7.67. The van der Waals surface area contributed by atoms with Crippen molar-refractivity contribution in [3.8, 4) is 57.5 Å². The summed E-state index contributed by atoms with van der Waals surface area (Å²) in [6.07, 6.45) is -5.43. The molecule has 0 spiro atoms. The number of rotatable bonds is 3. The quantitative estimate of drug-likeness (QED) is 0.159. The monoisotopic (exact) mass is 578 g/mol. The highest BCUT2D eigenvalue weighted by molar-refractivity contribution is 5.65. The van der Waals surface area contributed by atoms with E-state index in [9.17, 15) is 51.1 Å². The topological polar surface area (TPSA) is 221 Å². The van der Waals surface area contributed by atoms with Crippen LogP contribution >= 0.6 is 0 Å². The molecule has 0 unspecified atom stereocenters. The zero-order valence-electron chi connectivity index (χ0n) is 21.6. The summed E-state index contributed by atoms with van der Waals surface area (Å²) in [5.41, 5.74) is 0.435. The average Bonchev–Trinajstić information content (AvgIpc) is 2.93. The second-order valence-electron chi connectivity index (χ2n) is 10.3. The van der Waals surface area contributed by atoms with Crippen LogP contribution in [0, 0.1) is 0 Å². The Morgan fingerprint density at radius 1 is 0.548 bits per heavy atom. The molecule has 0 saturated heterocycles. The van der Waals surface area contributed by atoms with Crippen molar-refractivity contribution >= 4 is 0 Å². The molecule has 10 N–H and O–H groups in total. The van der Waals surface area contributed by atoms with Crippen LogP contribution in [0.25, 0.3) is 0 Å². The number of hydrogen-bond donors (Lipinski definition) is 10. The third-order valence-corrected chi connectivity index (χ3v) is 7.67. The van der Waals surface area contributed by atoms with Gasteiger partial charge in [-0.05, 0) is 35.4 Å². The van der Waals surface area contributed by atoms with Gasteiger partial charge in [0.15, 0.2) is 29.1 Å². The summed E-state index contributed by atoms with van der Waals surface area (Å²) in [5, 5.41) is 105. The number of phenols is 8. The third kappa shape index (κ3) is 4.24. The van der Waals surface area contributed by atoms with Gasteiger partial charge in [-0.2, -0.15) is 0 Å². The van der Waals surface area contributed by atoms with Crippen molar-refractivity contribution < 1.29 is 60.5 Å². The summed E-state index contributed by atoms with van der Waals surface area (Å²) in [4.78, 5) is 0. The molecule has 0 saturated carbocycles. The predicted octanol–water partition coefficient (Wildman–Crippen LogP) is 3.00. The molecule has 5 atom stereocenters. The van der Waals surface area contributed by atoms with E-state index in [1.54, 1.807) is 0 Å². The summed E-state index contributed by atoms with van der Waals surface area (Å²) in [6.45, 7) is 0. The van der Waals surface area contributed by atoms with Crippen molar-refractivity contribution in [1.82, 2.24) is 0 Å².